The van der Waals surface area contributed by atoms with Crippen molar-refractivity contribution in [2.45, 2.75) is 19.5 Å². The lowest BCUT2D eigenvalue weighted by molar-refractivity contribution is 0.0802. The van der Waals surface area contributed by atoms with Gasteiger partial charge in [0.1, 0.15) is 0 Å². The maximum Gasteiger partial charge on any atom is 0.351 e. The van der Waals surface area contributed by atoms with E-state index >= 15 is 0 Å². The van der Waals surface area contributed by atoms with Gasteiger partial charge in [-0.3, -0.25) is 14.1 Å². The Bertz CT molecular complexity index is 937. The zero-order chi connectivity index (χ0) is 17.2. The number of fused-ring (bicyclic) bond motifs is 1. The average molecular weight is 336 g/mol. The summed E-state index contributed by atoms with van der Waals surface area (Å²) in [4.78, 5) is 27.1. The molecule has 0 aliphatic carbocycles. The smallest absolute Gasteiger partial charge is 0.294 e. The van der Waals surface area contributed by atoms with Gasteiger partial charge in [0, 0.05) is 30.8 Å². The van der Waals surface area contributed by atoms with E-state index in [4.69, 9.17) is 0 Å². The van der Waals surface area contributed by atoms with Crippen LogP contribution in [0.5, 0.6) is 0 Å². The van der Waals surface area contributed by atoms with Crippen LogP contribution in [0.25, 0.3) is 5.65 Å². The van der Waals surface area contributed by atoms with Crippen LogP contribution < -0.4 is 5.69 Å². The Labute approximate surface area is 145 Å². The first-order chi connectivity index (χ1) is 12.2. The van der Waals surface area contributed by atoms with Crippen LogP contribution in [0.2, 0.25) is 0 Å². The summed E-state index contributed by atoms with van der Waals surface area (Å²) in [5, 5.41) is 4.37. The molecule has 0 bridgehead atoms. The number of rotatable bonds is 4. The number of hydrogen-bond acceptors (Lipinski definition) is 4. The summed E-state index contributed by atoms with van der Waals surface area (Å²) in [6, 6.07) is 15.0. The van der Waals surface area contributed by atoms with E-state index in [0.29, 0.717) is 12.3 Å². The van der Waals surface area contributed by atoms with Crippen molar-refractivity contribution in [2.75, 3.05) is 13.1 Å². The van der Waals surface area contributed by atoms with Gasteiger partial charge >= 0.3 is 5.69 Å². The standard InChI is InChI=1S/C19H20N4O2/c24-18(15-6-2-1-3-7-15)16-9-12-21(13-10-16)14-23-19(25)22-11-5-4-8-17(22)20-23/h1-8,11,16H,9-10,12-14H2. The third-order valence-electron chi connectivity index (χ3n) is 4.84. The Morgan fingerprint density at radius 1 is 1.04 bits per heavy atom. The molecule has 3 aromatic rings. The van der Waals surface area contributed by atoms with Crippen molar-refractivity contribution in [2.24, 2.45) is 5.92 Å². The Balaban J connectivity index is 1.41. The lowest BCUT2D eigenvalue weighted by Gasteiger charge is -2.30. The quantitative estimate of drug-likeness (QED) is 0.684. The molecule has 0 spiro atoms. The molecule has 1 saturated heterocycles. The zero-order valence-electron chi connectivity index (χ0n) is 13.9. The highest BCUT2D eigenvalue weighted by Gasteiger charge is 2.26. The van der Waals surface area contributed by atoms with E-state index in [1.165, 1.54) is 4.68 Å². The van der Waals surface area contributed by atoms with Crippen LogP contribution in [0.3, 0.4) is 0 Å². The van der Waals surface area contributed by atoms with Crippen LogP contribution in [0.15, 0.2) is 59.5 Å². The minimum Gasteiger partial charge on any atom is -0.294 e. The number of piperidine rings is 1. The van der Waals surface area contributed by atoms with Gasteiger partial charge in [-0.05, 0) is 25.0 Å². The van der Waals surface area contributed by atoms with E-state index in [1.807, 2.05) is 48.5 Å². The van der Waals surface area contributed by atoms with Crippen LogP contribution in [-0.4, -0.2) is 38.0 Å². The number of carbonyl (C=O) groups excluding carboxylic acids is 1. The third-order valence-corrected chi connectivity index (χ3v) is 4.84. The molecule has 128 valence electrons. The van der Waals surface area contributed by atoms with E-state index in [-0.39, 0.29) is 17.4 Å². The number of benzene rings is 1. The summed E-state index contributed by atoms with van der Waals surface area (Å²) < 4.78 is 3.04. The molecule has 2 aromatic heterocycles. The summed E-state index contributed by atoms with van der Waals surface area (Å²) in [5.41, 5.74) is 1.32. The number of aromatic nitrogens is 3. The molecule has 1 aromatic carbocycles. The van der Waals surface area contributed by atoms with Crippen LogP contribution in [0, 0.1) is 5.92 Å². The molecule has 4 rings (SSSR count). The van der Waals surface area contributed by atoms with Gasteiger partial charge in [-0.1, -0.05) is 36.4 Å². The fourth-order valence-corrected chi connectivity index (χ4v) is 3.42. The van der Waals surface area contributed by atoms with Crippen LogP contribution in [0.4, 0.5) is 0 Å². The molecule has 6 heteroatoms. The fourth-order valence-electron chi connectivity index (χ4n) is 3.42. The van der Waals surface area contributed by atoms with Crippen molar-refractivity contribution < 1.29 is 4.79 Å². The Kier molecular flexibility index (Phi) is 4.19. The average Bonchev–Trinajstić information content (AvgIpc) is 2.98. The first-order valence-corrected chi connectivity index (χ1v) is 8.58. The van der Waals surface area contributed by atoms with E-state index in [0.717, 1.165) is 31.5 Å². The van der Waals surface area contributed by atoms with Crippen LogP contribution in [0.1, 0.15) is 23.2 Å². The summed E-state index contributed by atoms with van der Waals surface area (Å²) in [7, 11) is 0. The molecule has 0 N–H and O–H groups in total. The van der Waals surface area contributed by atoms with Gasteiger partial charge < -0.3 is 0 Å². The molecule has 6 nitrogen and oxygen atoms in total. The second-order valence-corrected chi connectivity index (χ2v) is 6.47. The molecule has 0 saturated carbocycles. The summed E-state index contributed by atoms with van der Waals surface area (Å²) in [6.45, 7) is 2.06. The first kappa shape index (κ1) is 15.8. The number of hydrogen-bond donors (Lipinski definition) is 0. The molecule has 1 fully saturated rings. The van der Waals surface area contributed by atoms with Crippen molar-refractivity contribution in [3.8, 4) is 0 Å². The molecular weight excluding hydrogens is 316 g/mol. The SMILES string of the molecule is O=C(c1ccccc1)C1CCN(Cn2nc3ccccn3c2=O)CC1. The number of carbonyl (C=O) groups is 1. The van der Waals surface area contributed by atoms with Crippen molar-refractivity contribution in [3.63, 3.8) is 0 Å². The third kappa shape index (κ3) is 3.13. The lowest BCUT2D eigenvalue weighted by atomic mass is 9.89. The maximum atomic E-state index is 12.5. The molecule has 1 aliphatic heterocycles. The zero-order valence-corrected chi connectivity index (χ0v) is 13.9. The second kappa shape index (κ2) is 6.64. The summed E-state index contributed by atoms with van der Waals surface area (Å²) in [5.74, 6) is 0.293. The molecule has 1 aliphatic rings. The number of Topliss-reactive ketones (excluding diaryl/α,β-unsaturated/α-hetero) is 1. The van der Waals surface area contributed by atoms with Crippen molar-refractivity contribution in [1.82, 2.24) is 19.1 Å². The largest absolute Gasteiger partial charge is 0.351 e. The highest BCUT2D eigenvalue weighted by molar-refractivity contribution is 5.97. The molecule has 0 atom stereocenters. The molecular formula is C19H20N4O2. The van der Waals surface area contributed by atoms with Gasteiger partial charge in [0.05, 0.1) is 6.67 Å². The molecule has 25 heavy (non-hydrogen) atoms. The van der Waals surface area contributed by atoms with Crippen molar-refractivity contribution >= 4 is 11.4 Å². The predicted molar refractivity (Wildman–Crippen MR) is 94.5 cm³/mol. The lowest BCUT2D eigenvalue weighted by Crippen LogP contribution is -2.39. The van der Waals surface area contributed by atoms with Gasteiger partial charge in [-0.2, -0.15) is 4.68 Å². The van der Waals surface area contributed by atoms with Gasteiger partial charge in [-0.15, -0.1) is 5.10 Å². The van der Waals surface area contributed by atoms with Gasteiger partial charge in [-0.25, -0.2) is 4.79 Å². The van der Waals surface area contributed by atoms with Crippen molar-refractivity contribution in [1.29, 1.82) is 0 Å². The van der Waals surface area contributed by atoms with E-state index < -0.39 is 0 Å². The second-order valence-electron chi connectivity index (χ2n) is 6.47. The Hall–Kier alpha value is -2.73. The molecule has 0 radical (unpaired) electrons. The maximum absolute atomic E-state index is 12.5. The highest BCUT2D eigenvalue weighted by Crippen LogP contribution is 2.21. The minimum absolute atomic E-state index is 0.0661. The number of nitrogens with zero attached hydrogens (tertiary/aromatic N) is 4. The van der Waals surface area contributed by atoms with Gasteiger partial charge in [0.15, 0.2) is 11.4 Å². The van der Waals surface area contributed by atoms with Crippen LogP contribution >= 0.6 is 0 Å². The number of likely N-dealkylation sites (tertiary alicyclic amines) is 1. The Morgan fingerprint density at radius 3 is 2.48 bits per heavy atom. The van der Waals surface area contributed by atoms with Crippen molar-refractivity contribution in [3.05, 3.63) is 70.8 Å². The summed E-state index contributed by atoms with van der Waals surface area (Å²) >= 11 is 0. The number of pyridine rings is 1. The van der Waals surface area contributed by atoms with E-state index in [2.05, 4.69) is 10.00 Å². The topological polar surface area (TPSA) is 59.6 Å². The predicted octanol–water partition coefficient (Wildman–Crippen LogP) is 2.05. The first-order valence-electron chi connectivity index (χ1n) is 8.58. The van der Waals surface area contributed by atoms with Crippen LogP contribution in [-0.2, 0) is 6.67 Å². The fraction of sp³-hybridized carbons (Fsp3) is 0.316. The molecule has 0 amide bonds. The monoisotopic (exact) mass is 336 g/mol. The minimum atomic E-state index is -0.127. The van der Waals surface area contributed by atoms with Gasteiger partial charge in [0.2, 0.25) is 0 Å². The van der Waals surface area contributed by atoms with E-state index in [9.17, 15) is 9.59 Å². The highest BCUT2D eigenvalue weighted by atomic mass is 16.2. The summed E-state index contributed by atoms with van der Waals surface area (Å²) in [6.07, 6.45) is 3.36. The van der Waals surface area contributed by atoms with E-state index in [1.54, 1.807) is 10.6 Å². The number of ketones is 1. The normalized spacial score (nSPS) is 16.3. The molecule has 0 unspecified atom stereocenters. The van der Waals surface area contributed by atoms with Gasteiger partial charge in [0.25, 0.3) is 0 Å². The Morgan fingerprint density at radius 2 is 1.76 bits per heavy atom. The molecule has 3 heterocycles.